The van der Waals surface area contributed by atoms with Gasteiger partial charge in [0.15, 0.2) is 0 Å². The number of rotatable bonds is 7. The third-order valence-corrected chi connectivity index (χ3v) is 3.32. The Labute approximate surface area is 124 Å². The third-order valence-electron chi connectivity index (χ3n) is 3.02. The Morgan fingerprint density at radius 1 is 1.35 bits per heavy atom. The molecule has 0 saturated carbocycles. The van der Waals surface area contributed by atoms with Crippen LogP contribution in [0.15, 0.2) is 12.1 Å². The molecule has 6 heteroatoms. The molecule has 112 valence electrons. The average Bonchev–Trinajstić information content (AvgIpc) is 2.45. The summed E-state index contributed by atoms with van der Waals surface area (Å²) in [6, 6.07) is 3.24. The number of nitrogens with two attached hydrogens (primary N) is 1. The number of methoxy groups -OCH3 is 2. The average molecular weight is 301 g/mol. The van der Waals surface area contributed by atoms with E-state index in [2.05, 4.69) is 5.32 Å². The molecule has 1 amide bonds. The Morgan fingerprint density at radius 3 is 2.50 bits per heavy atom. The second kappa shape index (κ2) is 7.97. The Balaban J connectivity index is 2.98. The highest BCUT2D eigenvalue weighted by atomic mass is 35.5. The van der Waals surface area contributed by atoms with Gasteiger partial charge in [-0.25, -0.2) is 0 Å². The summed E-state index contributed by atoms with van der Waals surface area (Å²) in [6.45, 7) is 2.33. The van der Waals surface area contributed by atoms with Crippen LogP contribution in [-0.4, -0.2) is 26.7 Å². The van der Waals surface area contributed by atoms with Gasteiger partial charge < -0.3 is 20.5 Å². The second-order valence-corrected chi connectivity index (χ2v) is 4.80. The van der Waals surface area contributed by atoms with Gasteiger partial charge in [0.1, 0.15) is 11.5 Å². The molecule has 0 aromatic heterocycles. The summed E-state index contributed by atoms with van der Waals surface area (Å²) in [5, 5.41) is 3.24. The Kier molecular flexibility index (Phi) is 6.61. The molecule has 0 fully saturated rings. The maximum Gasteiger partial charge on any atom is 0.228 e. The van der Waals surface area contributed by atoms with E-state index >= 15 is 0 Å². The third kappa shape index (κ3) is 4.02. The summed E-state index contributed by atoms with van der Waals surface area (Å²) in [7, 11) is 3.03. The van der Waals surface area contributed by atoms with E-state index in [1.54, 1.807) is 12.1 Å². The molecular formula is C14H21ClN2O3. The van der Waals surface area contributed by atoms with Crippen LogP contribution in [0.3, 0.4) is 0 Å². The number of benzene rings is 1. The highest BCUT2D eigenvalue weighted by molar-refractivity contribution is 6.32. The molecule has 1 unspecified atom stereocenters. The predicted octanol–water partition coefficient (Wildman–Crippen LogP) is 2.67. The normalized spacial score (nSPS) is 11.8. The largest absolute Gasteiger partial charge is 0.495 e. The van der Waals surface area contributed by atoms with E-state index in [9.17, 15) is 4.79 Å². The first kappa shape index (κ1) is 16.6. The van der Waals surface area contributed by atoms with Gasteiger partial charge in [-0.1, -0.05) is 24.9 Å². The Bertz CT molecular complexity index is 466. The number of carbonyl (C=O) groups excluding carboxylic acids is 1. The Hall–Kier alpha value is -1.46. The van der Waals surface area contributed by atoms with Crippen molar-refractivity contribution in [2.24, 2.45) is 11.7 Å². The summed E-state index contributed by atoms with van der Waals surface area (Å²) in [5.74, 6) is 0.613. The first-order valence-electron chi connectivity index (χ1n) is 6.49. The first-order valence-corrected chi connectivity index (χ1v) is 6.87. The smallest absolute Gasteiger partial charge is 0.228 e. The van der Waals surface area contributed by atoms with Crippen molar-refractivity contribution in [2.45, 2.75) is 19.8 Å². The van der Waals surface area contributed by atoms with Crippen LogP contribution in [0.1, 0.15) is 19.8 Å². The standard InChI is InChI=1S/C14H21ClN2O3/c1-4-5-9(8-16)14(18)17-11-7-12(19-2)10(15)6-13(11)20-3/h6-7,9H,4-5,8,16H2,1-3H3,(H,17,18). The molecule has 0 spiro atoms. The molecule has 0 radical (unpaired) electrons. The molecule has 0 aliphatic heterocycles. The van der Waals surface area contributed by atoms with Crippen molar-refractivity contribution in [3.05, 3.63) is 17.2 Å². The van der Waals surface area contributed by atoms with Crippen molar-refractivity contribution >= 4 is 23.2 Å². The van der Waals surface area contributed by atoms with Crippen LogP contribution in [0.25, 0.3) is 0 Å². The molecule has 1 atom stereocenters. The number of halogens is 1. The number of amides is 1. The molecule has 0 bridgehead atoms. The van der Waals surface area contributed by atoms with Crippen LogP contribution in [0, 0.1) is 5.92 Å². The van der Waals surface area contributed by atoms with Gasteiger partial charge in [-0.15, -0.1) is 0 Å². The van der Waals surface area contributed by atoms with Crippen LogP contribution in [0.5, 0.6) is 11.5 Å². The minimum absolute atomic E-state index is 0.128. The van der Waals surface area contributed by atoms with E-state index in [1.165, 1.54) is 14.2 Å². The topological polar surface area (TPSA) is 73.6 Å². The van der Waals surface area contributed by atoms with Gasteiger partial charge in [-0.2, -0.15) is 0 Å². The molecule has 3 N–H and O–H groups in total. The van der Waals surface area contributed by atoms with Crippen LogP contribution in [0.4, 0.5) is 5.69 Å². The number of ether oxygens (including phenoxy) is 2. The fraction of sp³-hybridized carbons (Fsp3) is 0.500. The monoisotopic (exact) mass is 300 g/mol. The van der Waals surface area contributed by atoms with Gasteiger partial charge in [0, 0.05) is 18.7 Å². The summed E-state index contributed by atoms with van der Waals surface area (Å²) < 4.78 is 10.4. The quantitative estimate of drug-likeness (QED) is 0.812. The number of carbonyl (C=O) groups is 1. The molecule has 5 nitrogen and oxygen atoms in total. The number of nitrogens with one attached hydrogen (secondary N) is 1. The van der Waals surface area contributed by atoms with E-state index in [0.717, 1.165) is 12.8 Å². The van der Waals surface area contributed by atoms with E-state index < -0.39 is 0 Å². The summed E-state index contributed by atoms with van der Waals surface area (Å²) >= 11 is 6.02. The van der Waals surface area contributed by atoms with E-state index in [0.29, 0.717) is 28.8 Å². The van der Waals surface area contributed by atoms with Crippen molar-refractivity contribution in [3.8, 4) is 11.5 Å². The fourth-order valence-electron chi connectivity index (χ4n) is 1.90. The van der Waals surface area contributed by atoms with Gasteiger partial charge in [0.25, 0.3) is 0 Å². The minimum atomic E-state index is -0.216. The highest BCUT2D eigenvalue weighted by Crippen LogP contribution is 2.36. The molecule has 0 aliphatic carbocycles. The van der Waals surface area contributed by atoms with Crippen LogP contribution >= 0.6 is 11.6 Å². The molecule has 1 rings (SSSR count). The zero-order chi connectivity index (χ0) is 15.1. The summed E-state index contributed by atoms with van der Waals surface area (Å²) in [4.78, 5) is 12.2. The van der Waals surface area contributed by atoms with Gasteiger partial charge in [0.2, 0.25) is 5.91 Å². The minimum Gasteiger partial charge on any atom is -0.495 e. The lowest BCUT2D eigenvalue weighted by molar-refractivity contribution is -0.119. The maximum absolute atomic E-state index is 12.2. The van der Waals surface area contributed by atoms with Crippen molar-refractivity contribution in [3.63, 3.8) is 0 Å². The number of hydrogen-bond donors (Lipinski definition) is 2. The molecule has 0 heterocycles. The van der Waals surface area contributed by atoms with Crippen molar-refractivity contribution in [1.82, 2.24) is 0 Å². The molecule has 1 aromatic rings. The number of hydrogen-bond acceptors (Lipinski definition) is 4. The lowest BCUT2D eigenvalue weighted by atomic mass is 10.0. The zero-order valence-corrected chi connectivity index (χ0v) is 12.8. The SMILES string of the molecule is CCCC(CN)C(=O)Nc1cc(OC)c(Cl)cc1OC. The van der Waals surface area contributed by atoms with Gasteiger partial charge in [0.05, 0.1) is 30.8 Å². The molecule has 1 aromatic carbocycles. The van der Waals surface area contributed by atoms with Crippen LogP contribution < -0.4 is 20.5 Å². The van der Waals surface area contributed by atoms with E-state index in [4.69, 9.17) is 26.8 Å². The van der Waals surface area contributed by atoms with E-state index in [1.807, 2.05) is 6.92 Å². The molecule has 0 aliphatic rings. The van der Waals surface area contributed by atoms with Crippen molar-refractivity contribution in [1.29, 1.82) is 0 Å². The van der Waals surface area contributed by atoms with Crippen LogP contribution in [0.2, 0.25) is 5.02 Å². The molecule has 20 heavy (non-hydrogen) atoms. The lowest BCUT2D eigenvalue weighted by Gasteiger charge is -2.17. The van der Waals surface area contributed by atoms with Crippen molar-refractivity contribution < 1.29 is 14.3 Å². The molecule has 0 saturated heterocycles. The van der Waals surface area contributed by atoms with Crippen LogP contribution in [-0.2, 0) is 4.79 Å². The lowest BCUT2D eigenvalue weighted by Crippen LogP contribution is -2.29. The van der Waals surface area contributed by atoms with E-state index in [-0.39, 0.29) is 11.8 Å². The second-order valence-electron chi connectivity index (χ2n) is 4.40. The summed E-state index contributed by atoms with van der Waals surface area (Å²) in [6.07, 6.45) is 1.64. The fourth-order valence-corrected chi connectivity index (χ4v) is 2.13. The number of anilines is 1. The highest BCUT2D eigenvalue weighted by Gasteiger charge is 2.18. The summed E-state index contributed by atoms with van der Waals surface area (Å²) in [5.41, 5.74) is 6.15. The van der Waals surface area contributed by atoms with Gasteiger partial charge in [-0.05, 0) is 6.42 Å². The van der Waals surface area contributed by atoms with Gasteiger partial charge >= 0.3 is 0 Å². The zero-order valence-electron chi connectivity index (χ0n) is 12.0. The maximum atomic E-state index is 12.2. The van der Waals surface area contributed by atoms with Gasteiger partial charge in [-0.3, -0.25) is 4.79 Å². The predicted molar refractivity (Wildman–Crippen MR) is 80.6 cm³/mol. The first-order chi connectivity index (χ1) is 9.57. The van der Waals surface area contributed by atoms with Crippen molar-refractivity contribution in [2.75, 3.05) is 26.1 Å². The molecular weight excluding hydrogens is 280 g/mol. The Morgan fingerprint density at radius 2 is 2.00 bits per heavy atom.